The maximum absolute atomic E-state index is 14.5. The summed E-state index contributed by atoms with van der Waals surface area (Å²) in [6, 6.07) is 3.13. The lowest BCUT2D eigenvalue weighted by Crippen LogP contribution is -2.57. The van der Waals surface area contributed by atoms with Crippen LogP contribution in [-0.2, 0) is 14.0 Å². The van der Waals surface area contributed by atoms with Crippen molar-refractivity contribution in [2.75, 3.05) is 62.6 Å². The average Bonchev–Trinajstić information content (AvgIpc) is 3.42. The summed E-state index contributed by atoms with van der Waals surface area (Å²) < 4.78 is 12.3. The number of ether oxygens (including phenoxy) is 1. The fourth-order valence-corrected chi connectivity index (χ4v) is 9.72. The molecule has 2 unspecified atom stereocenters. The number of nitrogens with zero attached hydrogens (tertiary/aromatic N) is 6. The standard InChI is InChI=1S/C42H75N7O4Si/c1-41(2,3)53-40(51)48-28-21-33(22-29-48)38(50)47(31-32-52-54(7,8)42(4,5)6)30-23-36-35(19-16-27-49(36)34-17-12-11-13-18-34)44-39-43-24-20-37(45-39)46-25-14-9-10-15-26-46/h20,24,33-36H,9-19,21-23,25-32H2,1-8H3,(H,43,44,45). The first kappa shape index (κ1) is 42.7. The van der Waals surface area contributed by atoms with Gasteiger partial charge in [0.2, 0.25) is 11.9 Å². The van der Waals surface area contributed by atoms with Gasteiger partial charge in [-0.25, -0.2) is 9.78 Å². The number of hydrogen-bond donors (Lipinski definition) is 1. The molecule has 0 radical (unpaired) electrons. The molecule has 0 aromatic carbocycles. The molecular weight excluding hydrogens is 695 g/mol. The lowest BCUT2D eigenvalue weighted by Gasteiger charge is -2.47. The SMILES string of the molecule is CC(C)(C)OC(=O)N1CCC(C(=O)N(CCO[Si](C)(C)C(C)(C)C)CCC2C(Nc3nccc(N4CCCCCC4)n3)CCCN2C2CCCCC2)CC1. The summed E-state index contributed by atoms with van der Waals surface area (Å²) in [6.07, 6.45) is 17.5. The maximum atomic E-state index is 14.5. The number of hydrogen-bond acceptors (Lipinski definition) is 9. The van der Waals surface area contributed by atoms with Crippen molar-refractivity contribution in [3.05, 3.63) is 12.3 Å². The summed E-state index contributed by atoms with van der Waals surface area (Å²) in [5.41, 5.74) is -0.538. The molecule has 0 bridgehead atoms. The number of carbonyl (C=O) groups excluding carboxylic acids is 2. The zero-order chi connectivity index (χ0) is 38.9. The van der Waals surface area contributed by atoms with Crippen molar-refractivity contribution in [2.45, 2.75) is 173 Å². The van der Waals surface area contributed by atoms with Crippen LogP contribution in [0.15, 0.2) is 12.3 Å². The van der Waals surface area contributed by atoms with E-state index in [4.69, 9.17) is 19.1 Å². The van der Waals surface area contributed by atoms with Crippen LogP contribution in [0.2, 0.25) is 18.1 Å². The highest BCUT2D eigenvalue weighted by Gasteiger charge is 2.40. The fourth-order valence-electron chi connectivity index (χ4n) is 8.69. The highest BCUT2D eigenvalue weighted by atomic mass is 28.4. The Bertz CT molecular complexity index is 1330. The summed E-state index contributed by atoms with van der Waals surface area (Å²) in [5, 5.41) is 3.96. The first-order valence-corrected chi connectivity index (χ1v) is 24.5. The molecule has 2 atom stereocenters. The van der Waals surface area contributed by atoms with E-state index >= 15 is 0 Å². The fraction of sp³-hybridized carbons (Fsp3) is 0.857. The minimum absolute atomic E-state index is 0.102. The van der Waals surface area contributed by atoms with E-state index < -0.39 is 13.9 Å². The summed E-state index contributed by atoms with van der Waals surface area (Å²) in [7, 11) is -1.98. The Balaban J connectivity index is 1.32. The van der Waals surface area contributed by atoms with E-state index in [0.29, 0.717) is 51.7 Å². The van der Waals surface area contributed by atoms with E-state index in [2.05, 4.69) is 59.9 Å². The molecule has 1 aliphatic carbocycles. The average molecular weight is 770 g/mol. The van der Waals surface area contributed by atoms with Gasteiger partial charge < -0.3 is 29.2 Å². The lowest BCUT2D eigenvalue weighted by atomic mass is 9.87. The van der Waals surface area contributed by atoms with E-state index in [1.807, 2.05) is 27.0 Å². The number of aromatic nitrogens is 2. The third kappa shape index (κ3) is 12.0. The molecule has 3 saturated heterocycles. The highest BCUT2D eigenvalue weighted by molar-refractivity contribution is 6.74. The maximum Gasteiger partial charge on any atom is 0.410 e. The largest absolute Gasteiger partial charge is 0.444 e. The molecule has 1 aromatic rings. The third-order valence-corrected chi connectivity index (χ3v) is 17.4. The Kier molecular flexibility index (Phi) is 15.1. The molecule has 4 fully saturated rings. The zero-order valence-corrected chi connectivity index (χ0v) is 36.3. The van der Waals surface area contributed by atoms with Gasteiger partial charge >= 0.3 is 6.09 Å². The van der Waals surface area contributed by atoms with Gasteiger partial charge in [-0.1, -0.05) is 52.9 Å². The van der Waals surface area contributed by atoms with E-state index in [0.717, 1.165) is 50.7 Å². The van der Waals surface area contributed by atoms with Crippen molar-refractivity contribution >= 4 is 32.1 Å². The molecule has 4 heterocycles. The molecule has 1 saturated carbocycles. The smallest absolute Gasteiger partial charge is 0.410 e. The van der Waals surface area contributed by atoms with Gasteiger partial charge in [0, 0.05) is 69.5 Å². The van der Waals surface area contributed by atoms with E-state index in [1.165, 1.54) is 57.8 Å². The first-order valence-electron chi connectivity index (χ1n) is 21.6. The normalized spacial score (nSPS) is 23.2. The van der Waals surface area contributed by atoms with Gasteiger partial charge in [-0.15, -0.1) is 0 Å². The number of likely N-dealkylation sites (tertiary alicyclic amines) is 2. The van der Waals surface area contributed by atoms with Crippen LogP contribution >= 0.6 is 0 Å². The Labute approximate surface area is 328 Å². The molecule has 1 aromatic heterocycles. The number of piperidine rings is 2. The topological polar surface area (TPSA) is 103 Å². The van der Waals surface area contributed by atoms with Crippen LogP contribution in [0.1, 0.15) is 131 Å². The van der Waals surface area contributed by atoms with Crippen molar-refractivity contribution < 1.29 is 18.8 Å². The second kappa shape index (κ2) is 19.1. The predicted molar refractivity (Wildman–Crippen MR) is 222 cm³/mol. The number of anilines is 2. The first-order chi connectivity index (χ1) is 25.6. The second-order valence-electron chi connectivity index (χ2n) is 19.1. The number of rotatable bonds is 12. The monoisotopic (exact) mass is 770 g/mol. The van der Waals surface area contributed by atoms with Crippen molar-refractivity contribution in [3.63, 3.8) is 0 Å². The highest BCUT2D eigenvalue weighted by Crippen LogP contribution is 2.37. The van der Waals surface area contributed by atoms with Gasteiger partial charge in [0.15, 0.2) is 8.32 Å². The molecule has 2 amide bonds. The summed E-state index contributed by atoms with van der Waals surface area (Å²) in [6.45, 7) is 23.2. The van der Waals surface area contributed by atoms with Crippen molar-refractivity contribution in [1.29, 1.82) is 0 Å². The van der Waals surface area contributed by atoms with Crippen LogP contribution in [0.5, 0.6) is 0 Å². The van der Waals surface area contributed by atoms with Crippen LogP contribution in [0.25, 0.3) is 0 Å². The van der Waals surface area contributed by atoms with Crippen molar-refractivity contribution in [2.24, 2.45) is 5.92 Å². The molecule has 3 aliphatic heterocycles. The van der Waals surface area contributed by atoms with E-state index in [9.17, 15) is 9.59 Å². The second-order valence-corrected chi connectivity index (χ2v) is 23.9. The number of carbonyl (C=O) groups is 2. The lowest BCUT2D eigenvalue weighted by molar-refractivity contribution is -0.138. The van der Waals surface area contributed by atoms with Crippen molar-refractivity contribution in [3.8, 4) is 0 Å². The molecule has 306 valence electrons. The predicted octanol–water partition coefficient (Wildman–Crippen LogP) is 8.32. The van der Waals surface area contributed by atoms with E-state index in [1.54, 1.807) is 4.90 Å². The van der Waals surface area contributed by atoms with Gasteiger partial charge in [-0.3, -0.25) is 9.69 Å². The summed E-state index contributed by atoms with van der Waals surface area (Å²) in [4.78, 5) is 46.3. The molecule has 4 aliphatic rings. The third-order valence-electron chi connectivity index (χ3n) is 12.9. The Hall–Kier alpha value is -2.44. The van der Waals surface area contributed by atoms with Crippen molar-refractivity contribution in [1.82, 2.24) is 24.7 Å². The Morgan fingerprint density at radius 1 is 0.852 bits per heavy atom. The van der Waals surface area contributed by atoms with Gasteiger partial charge in [0.05, 0.1) is 6.61 Å². The van der Waals surface area contributed by atoms with Gasteiger partial charge in [-0.2, -0.15) is 4.98 Å². The Morgan fingerprint density at radius 2 is 1.52 bits per heavy atom. The molecule has 1 N–H and O–H groups in total. The van der Waals surface area contributed by atoms with Crippen LogP contribution < -0.4 is 10.2 Å². The summed E-state index contributed by atoms with van der Waals surface area (Å²) >= 11 is 0. The minimum Gasteiger partial charge on any atom is -0.444 e. The number of amides is 2. The molecular formula is C42H75N7O4Si. The van der Waals surface area contributed by atoms with Crippen LogP contribution in [0.3, 0.4) is 0 Å². The molecule has 0 spiro atoms. The van der Waals surface area contributed by atoms with Crippen LogP contribution in [0.4, 0.5) is 16.6 Å². The Morgan fingerprint density at radius 3 is 2.17 bits per heavy atom. The molecule has 11 nitrogen and oxygen atoms in total. The molecule has 12 heteroatoms. The van der Waals surface area contributed by atoms with Gasteiger partial charge in [0.25, 0.3) is 0 Å². The van der Waals surface area contributed by atoms with Crippen LogP contribution in [-0.4, -0.2) is 121 Å². The van der Waals surface area contributed by atoms with Crippen LogP contribution in [0, 0.1) is 5.92 Å². The zero-order valence-electron chi connectivity index (χ0n) is 35.3. The molecule has 54 heavy (non-hydrogen) atoms. The quantitative estimate of drug-likeness (QED) is 0.210. The number of nitrogens with one attached hydrogen (secondary N) is 1. The van der Waals surface area contributed by atoms with Gasteiger partial charge in [-0.05, 0) is 109 Å². The minimum atomic E-state index is -1.98. The summed E-state index contributed by atoms with van der Waals surface area (Å²) in [5.74, 6) is 1.85. The van der Waals surface area contributed by atoms with Gasteiger partial charge in [0.1, 0.15) is 11.4 Å². The molecule has 5 rings (SSSR count). The van der Waals surface area contributed by atoms with E-state index in [-0.39, 0.29) is 35.0 Å².